The molecule has 30 heavy (non-hydrogen) atoms. The van der Waals surface area contributed by atoms with Gasteiger partial charge in [0.2, 0.25) is 5.91 Å². The molecule has 156 valence electrons. The van der Waals surface area contributed by atoms with Gasteiger partial charge < -0.3 is 4.90 Å². The summed E-state index contributed by atoms with van der Waals surface area (Å²) in [5.74, 6) is -0.284. The van der Waals surface area contributed by atoms with E-state index in [0.717, 1.165) is 24.2 Å². The van der Waals surface area contributed by atoms with Gasteiger partial charge in [-0.25, -0.2) is 9.02 Å². The van der Waals surface area contributed by atoms with Crippen LogP contribution < -0.4 is 0 Å². The first-order chi connectivity index (χ1) is 14.4. The number of nitrogens with zero attached hydrogens (tertiary/aromatic N) is 4. The predicted molar refractivity (Wildman–Crippen MR) is 113 cm³/mol. The molecule has 0 radical (unpaired) electrons. The van der Waals surface area contributed by atoms with Crippen molar-refractivity contribution < 1.29 is 13.8 Å². The van der Waals surface area contributed by atoms with E-state index in [-0.39, 0.29) is 23.8 Å². The Morgan fingerprint density at radius 3 is 2.73 bits per heavy atom. The molecule has 2 heterocycles. The molecule has 6 nitrogen and oxygen atoms in total. The summed E-state index contributed by atoms with van der Waals surface area (Å²) in [6.07, 6.45) is 3.29. The van der Waals surface area contributed by atoms with Gasteiger partial charge in [-0.3, -0.25) is 9.69 Å². The van der Waals surface area contributed by atoms with E-state index in [2.05, 4.69) is 22.1 Å². The second kappa shape index (κ2) is 8.53. The van der Waals surface area contributed by atoms with Crippen molar-refractivity contribution in [1.29, 1.82) is 0 Å². The van der Waals surface area contributed by atoms with E-state index < -0.39 is 0 Å². The van der Waals surface area contributed by atoms with Gasteiger partial charge in [-0.1, -0.05) is 23.7 Å². The monoisotopic (exact) mass is 428 g/mol. The number of carbonyl (C=O) groups excluding carboxylic acids is 1. The Balaban J connectivity index is 1.42. The maximum absolute atomic E-state index is 13.1. The molecule has 0 aliphatic carbocycles. The van der Waals surface area contributed by atoms with Crippen molar-refractivity contribution in [2.45, 2.75) is 32.5 Å². The van der Waals surface area contributed by atoms with E-state index in [1.165, 1.54) is 12.1 Å². The van der Waals surface area contributed by atoms with Crippen molar-refractivity contribution in [2.75, 3.05) is 13.1 Å². The third-order valence-electron chi connectivity index (χ3n) is 5.45. The minimum Gasteiger partial charge on any atom is -0.334 e. The summed E-state index contributed by atoms with van der Waals surface area (Å²) in [6.45, 7) is 6.25. The summed E-state index contributed by atoms with van der Waals surface area (Å²) in [6, 6.07) is 10.3. The van der Waals surface area contributed by atoms with Crippen LogP contribution in [0.4, 0.5) is 4.39 Å². The van der Waals surface area contributed by atoms with Gasteiger partial charge in [0.25, 0.3) is 0 Å². The number of hydrogen-bond donors (Lipinski definition) is 0. The Labute approximate surface area is 178 Å². The third-order valence-corrected chi connectivity index (χ3v) is 5.74. The van der Waals surface area contributed by atoms with Crippen LogP contribution in [0, 0.1) is 5.82 Å². The highest BCUT2D eigenvalue weighted by atomic mass is 35.5. The van der Waals surface area contributed by atoms with Crippen molar-refractivity contribution in [3.63, 3.8) is 0 Å². The summed E-state index contributed by atoms with van der Waals surface area (Å²) in [4.78, 5) is 17.0. The fraction of sp³-hybridized carbons (Fsp3) is 0.318. The van der Waals surface area contributed by atoms with Gasteiger partial charge >= 0.3 is 0 Å². The van der Waals surface area contributed by atoms with E-state index >= 15 is 0 Å². The Morgan fingerprint density at radius 1 is 1.20 bits per heavy atom. The molecule has 1 amide bonds. The molecule has 0 N–H and O–H groups in total. The maximum atomic E-state index is 13.1. The average Bonchev–Trinajstić information content (AvgIpc) is 3.19. The quantitative estimate of drug-likeness (QED) is 0.584. The van der Waals surface area contributed by atoms with Crippen LogP contribution >= 0.6 is 11.6 Å². The lowest BCUT2D eigenvalue weighted by Crippen LogP contribution is -2.57. The second-order valence-corrected chi connectivity index (χ2v) is 8.12. The fourth-order valence-electron chi connectivity index (χ4n) is 3.78. The number of amides is 1. The lowest BCUT2D eigenvalue weighted by molar-refractivity contribution is -0.131. The first kappa shape index (κ1) is 20.5. The lowest BCUT2D eigenvalue weighted by atomic mass is 10.1. The summed E-state index contributed by atoms with van der Waals surface area (Å²) >= 11 is 6.18. The molecule has 3 aromatic rings. The Morgan fingerprint density at radius 2 is 1.97 bits per heavy atom. The third kappa shape index (κ3) is 4.37. The van der Waals surface area contributed by atoms with Crippen LogP contribution in [-0.2, 0) is 11.3 Å². The highest BCUT2D eigenvalue weighted by molar-refractivity contribution is 6.35. The molecule has 0 unspecified atom stereocenters. The van der Waals surface area contributed by atoms with E-state index in [1.54, 1.807) is 36.4 Å². The molecular weight excluding hydrogens is 407 g/mol. The average molecular weight is 429 g/mol. The number of piperazine rings is 1. The molecular formula is C22H22ClFN4O2. The Bertz CT molecular complexity index is 1080. The largest absolute Gasteiger partial charge is 0.334 e. The Hall–Kier alpha value is -2.77. The van der Waals surface area contributed by atoms with Gasteiger partial charge in [-0.2, -0.15) is 0 Å². The molecule has 1 aliphatic rings. The minimum absolute atomic E-state index is 0.0507. The fourth-order valence-corrected chi connectivity index (χ4v) is 4.04. The van der Waals surface area contributed by atoms with Crippen molar-refractivity contribution in [3.05, 3.63) is 64.4 Å². The van der Waals surface area contributed by atoms with Crippen molar-refractivity contribution in [2.24, 2.45) is 0 Å². The van der Waals surface area contributed by atoms with Gasteiger partial charge in [0.05, 0.1) is 5.02 Å². The van der Waals surface area contributed by atoms with E-state index in [9.17, 15) is 9.18 Å². The van der Waals surface area contributed by atoms with Crippen LogP contribution in [0.3, 0.4) is 0 Å². The van der Waals surface area contributed by atoms with Crippen LogP contribution in [0.5, 0.6) is 0 Å². The molecule has 1 aromatic heterocycles. The summed E-state index contributed by atoms with van der Waals surface area (Å²) in [5, 5.41) is 7.98. The van der Waals surface area contributed by atoms with Gasteiger partial charge in [-0.05, 0) is 65.6 Å². The number of aromatic nitrogens is 2. The van der Waals surface area contributed by atoms with Crippen molar-refractivity contribution in [1.82, 2.24) is 20.1 Å². The summed E-state index contributed by atoms with van der Waals surface area (Å²) < 4.78 is 17.8. The van der Waals surface area contributed by atoms with Crippen molar-refractivity contribution >= 4 is 34.6 Å². The van der Waals surface area contributed by atoms with Crippen LogP contribution in [0.2, 0.25) is 5.02 Å². The number of fused-ring (bicyclic) bond motifs is 1. The number of benzene rings is 2. The molecule has 0 bridgehead atoms. The molecule has 1 saturated heterocycles. The van der Waals surface area contributed by atoms with Gasteiger partial charge in [-0.15, -0.1) is 0 Å². The molecule has 2 atom stereocenters. The first-order valence-corrected chi connectivity index (χ1v) is 10.2. The lowest BCUT2D eigenvalue weighted by Gasteiger charge is -2.44. The van der Waals surface area contributed by atoms with E-state index in [1.807, 2.05) is 11.8 Å². The molecule has 1 aliphatic heterocycles. The predicted octanol–water partition coefficient (Wildman–Crippen LogP) is 4.15. The standard InChI is InChI=1S/C22H22ClFN4O2/c1-14-12-28(15(2)11-27(14)13-16-3-6-18(24)7-4-16)21(29)8-5-17-9-19(23)22-20(10-17)25-30-26-22/h3-10,14-15H,11-13H2,1-2H3/t14-,15+/m0/s1. The number of carbonyl (C=O) groups is 1. The SMILES string of the molecule is C[C@@H]1CN(Cc2ccc(F)cc2)[C@@H](C)CN1C(=O)C=Cc1cc(Cl)c2nonc2c1. The molecule has 0 spiro atoms. The highest BCUT2D eigenvalue weighted by Gasteiger charge is 2.31. The number of hydrogen-bond acceptors (Lipinski definition) is 5. The maximum Gasteiger partial charge on any atom is 0.246 e. The zero-order valence-corrected chi connectivity index (χ0v) is 17.5. The van der Waals surface area contributed by atoms with Gasteiger partial charge in [0.15, 0.2) is 5.52 Å². The number of halogens is 2. The van der Waals surface area contributed by atoms with Crippen LogP contribution in [-0.4, -0.2) is 51.2 Å². The van der Waals surface area contributed by atoms with E-state index in [0.29, 0.717) is 22.6 Å². The van der Waals surface area contributed by atoms with Gasteiger partial charge in [0, 0.05) is 37.8 Å². The zero-order valence-electron chi connectivity index (χ0n) is 16.8. The second-order valence-electron chi connectivity index (χ2n) is 7.71. The first-order valence-electron chi connectivity index (χ1n) is 9.79. The number of rotatable bonds is 4. The molecule has 8 heteroatoms. The summed E-state index contributed by atoms with van der Waals surface area (Å²) in [7, 11) is 0. The summed E-state index contributed by atoms with van der Waals surface area (Å²) in [5.41, 5.74) is 2.86. The van der Waals surface area contributed by atoms with E-state index in [4.69, 9.17) is 16.2 Å². The highest BCUT2D eigenvalue weighted by Crippen LogP contribution is 2.24. The topological polar surface area (TPSA) is 62.5 Å². The normalized spacial score (nSPS) is 20.3. The van der Waals surface area contributed by atoms with Crippen LogP contribution in [0.25, 0.3) is 17.1 Å². The molecule has 4 rings (SSSR count). The van der Waals surface area contributed by atoms with Crippen LogP contribution in [0.1, 0.15) is 25.0 Å². The molecule has 0 saturated carbocycles. The zero-order chi connectivity index (χ0) is 21.3. The molecule has 2 aromatic carbocycles. The van der Waals surface area contributed by atoms with Gasteiger partial charge in [0.1, 0.15) is 11.3 Å². The minimum atomic E-state index is -0.234. The molecule has 1 fully saturated rings. The Kier molecular flexibility index (Phi) is 5.83. The smallest absolute Gasteiger partial charge is 0.246 e. The van der Waals surface area contributed by atoms with Crippen LogP contribution in [0.15, 0.2) is 47.1 Å². The van der Waals surface area contributed by atoms with Crippen molar-refractivity contribution in [3.8, 4) is 0 Å².